The first kappa shape index (κ1) is 10.6. The number of hydrogen-bond donors (Lipinski definition) is 0. The van der Waals surface area contributed by atoms with Crippen molar-refractivity contribution in [3.8, 4) is 0 Å². The Kier molecular flexibility index (Phi) is 3.13. The molecule has 0 spiro atoms. The minimum Gasteiger partial charge on any atom is -0.339 e. The molecule has 2 rings (SSSR count). The molecule has 4 heteroatoms. The third kappa shape index (κ3) is 2.02. The summed E-state index contributed by atoms with van der Waals surface area (Å²) in [6.45, 7) is 1.58. The Morgan fingerprint density at radius 3 is 2.62 bits per heavy atom. The van der Waals surface area contributed by atoms with E-state index in [1.165, 1.54) is 6.08 Å². The summed E-state index contributed by atoms with van der Waals surface area (Å²) in [4.78, 5) is 27.7. The van der Waals surface area contributed by atoms with Crippen LogP contribution >= 0.6 is 0 Å². The first-order chi connectivity index (χ1) is 7.83. The van der Waals surface area contributed by atoms with E-state index in [1.807, 2.05) is 0 Å². The van der Waals surface area contributed by atoms with Gasteiger partial charge in [0.2, 0.25) is 6.08 Å². The van der Waals surface area contributed by atoms with Crippen molar-refractivity contribution in [3.05, 3.63) is 29.8 Å². The van der Waals surface area contributed by atoms with Crippen LogP contribution in [-0.4, -0.2) is 30.0 Å². The van der Waals surface area contributed by atoms with Crippen LogP contribution in [-0.2, 0) is 4.79 Å². The molecule has 0 aromatic heterocycles. The van der Waals surface area contributed by atoms with E-state index in [0.29, 0.717) is 11.3 Å². The lowest BCUT2D eigenvalue weighted by Gasteiger charge is -2.15. The highest BCUT2D eigenvalue weighted by Crippen LogP contribution is 2.21. The predicted octanol–water partition coefficient (Wildman–Crippen LogP) is 1.89. The summed E-state index contributed by atoms with van der Waals surface area (Å²) >= 11 is 0. The molecule has 1 aromatic carbocycles. The topological polar surface area (TPSA) is 49.7 Å². The Hall–Kier alpha value is -1.93. The molecular weight excluding hydrogens is 204 g/mol. The standard InChI is InChI=1S/C12H12N2O2/c15-9-13-11-6-2-1-5-10(11)12(16)14-7-3-4-8-14/h1-2,5-6H,3-4,7-8H2. The Bertz CT molecular complexity index is 444. The smallest absolute Gasteiger partial charge is 0.256 e. The maximum Gasteiger partial charge on any atom is 0.256 e. The minimum atomic E-state index is -0.0490. The first-order valence-corrected chi connectivity index (χ1v) is 5.29. The van der Waals surface area contributed by atoms with Gasteiger partial charge < -0.3 is 4.90 Å². The van der Waals surface area contributed by atoms with Gasteiger partial charge in [-0.3, -0.25) is 4.79 Å². The number of isocyanates is 1. The molecule has 0 atom stereocenters. The second-order valence-corrected chi connectivity index (χ2v) is 3.72. The van der Waals surface area contributed by atoms with Gasteiger partial charge in [-0.2, -0.15) is 4.99 Å². The number of aliphatic imine (C=N–C) groups is 1. The molecule has 0 saturated carbocycles. The van der Waals surface area contributed by atoms with Crippen LogP contribution in [0.1, 0.15) is 23.2 Å². The van der Waals surface area contributed by atoms with E-state index in [-0.39, 0.29) is 5.91 Å². The Labute approximate surface area is 93.6 Å². The molecule has 0 N–H and O–H groups in total. The van der Waals surface area contributed by atoms with Crippen LogP contribution in [0.5, 0.6) is 0 Å². The molecule has 1 heterocycles. The SMILES string of the molecule is O=C=Nc1ccccc1C(=O)N1CCCC1. The average molecular weight is 216 g/mol. The van der Waals surface area contributed by atoms with Crippen molar-refractivity contribution in [2.75, 3.05) is 13.1 Å². The Morgan fingerprint density at radius 2 is 1.94 bits per heavy atom. The second-order valence-electron chi connectivity index (χ2n) is 3.72. The average Bonchev–Trinajstić information content (AvgIpc) is 2.83. The van der Waals surface area contributed by atoms with Crippen molar-refractivity contribution in [3.63, 3.8) is 0 Å². The van der Waals surface area contributed by atoms with Gasteiger partial charge >= 0.3 is 0 Å². The number of amides is 1. The monoisotopic (exact) mass is 216 g/mol. The summed E-state index contributed by atoms with van der Waals surface area (Å²) < 4.78 is 0. The van der Waals surface area contributed by atoms with Crippen LogP contribution < -0.4 is 0 Å². The zero-order chi connectivity index (χ0) is 11.4. The number of hydrogen-bond acceptors (Lipinski definition) is 3. The van der Waals surface area contributed by atoms with Gasteiger partial charge in [-0.15, -0.1) is 0 Å². The summed E-state index contributed by atoms with van der Waals surface area (Å²) in [5, 5.41) is 0. The molecule has 16 heavy (non-hydrogen) atoms. The molecule has 1 saturated heterocycles. The molecule has 0 radical (unpaired) electrons. The van der Waals surface area contributed by atoms with E-state index in [4.69, 9.17) is 0 Å². The van der Waals surface area contributed by atoms with E-state index in [2.05, 4.69) is 4.99 Å². The van der Waals surface area contributed by atoms with Crippen LogP contribution in [0.4, 0.5) is 5.69 Å². The van der Waals surface area contributed by atoms with Gasteiger partial charge in [0.25, 0.3) is 5.91 Å². The van der Waals surface area contributed by atoms with Gasteiger partial charge in [0.15, 0.2) is 0 Å². The van der Waals surface area contributed by atoms with Gasteiger partial charge in [-0.05, 0) is 25.0 Å². The van der Waals surface area contributed by atoms with Crippen molar-refractivity contribution in [2.24, 2.45) is 4.99 Å². The van der Waals surface area contributed by atoms with Crippen molar-refractivity contribution in [2.45, 2.75) is 12.8 Å². The highest BCUT2D eigenvalue weighted by atomic mass is 16.2. The summed E-state index contributed by atoms with van der Waals surface area (Å²) in [5.41, 5.74) is 0.877. The molecule has 1 aliphatic rings. The maximum absolute atomic E-state index is 12.1. The number of rotatable bonds is 2. The Balaban J connectivity index is 2.31. The third-order valence-electron chi connectivity index (χ3n) is 2.69. The largest absolute Gasteiger partial charge is 0.339 e. The van der Waals surface area contributed by atoms with E-state index in [1.54, 1.807) is 29.2 Å². The van der Waals surface area contributed by atoms with Crippen molar-refractivity contribution >= 4 is 17.7 Å². The lowest BCUT2D eigenvalue weighted by atomic mass is 10.1. The number of benzene rings is 1. The molecule has 0 bridgehead atoms. The summed E-state index contributed by atoms with van der Waals surface area (Å²) in [6.07, 6.45) is 3.57. The fourth-order valence-corrected chi connectivity index (χ4v) is 1.89. The van der Waals surface area contributed by atoms with Crippen LogP contribution in [0.2, 0.25) is 0 Å². The summed E-state index contributed by atoms with van der Waals surface area (Å²) in [6, 6.07) is 6.86. The highest BCUT2D eigenvalue weighted by Gasteiger charge is 2.21. The van der Waals surface area contributed by atoms with Gasteiger partial charge in [-0.1, -0.05) is 12.1 Å². The zero-order valence-electron chi connectivity index (χ0n) is 8.85. The highest BCUT2D eigenvalue weighted by molar-refractivity contribution is 5.99. The van der Waals surface area contributed by atoms with Crippen LogP contribution in [0.25, 0.3) is 0 Å². The van der Waals surface area contributed by atoms with Crippen LogP contribution in [0, 0.1) is 0 Å². The third-order valence-corrected chi connectivity index (χ3v) is 2.69. The summed E-state index contributed by atoms with van der Waals surface area (Å²) in [7, 11) is 0. The van der Waals surface area contributed by atoms with Crippen molar-refractivity contribution in [1.29, 1.82) is 0 Å². The lowest BCUT2D eigenvalue weighted by molar-refractivity contribution is 0.0793. The maximum atomic E-state index is 12.1. The lowest BCUT2D eigenvalue weighted by Crippen LogP contribution is -2.27. The molecule has 1 fully saturated rings. The van der Waals surface area contributed by atoms with E-state index in [0.717, 1.165) is 25.9 Å². The molecule has 1 aromatic rings. The number of carbonyl (C=O) groups excluding carboxylic acids is 2. The fraction of sp³-hybridized carbons (Fsp3) is 0.333. The van der Waals surface area contributed by atoms with E-state index >= 15 is 0 Å². The molecule has 1 amide bonds. The van der Waals surface area contributed by atoms with Crippen molar-refractivity contribution < 1.29 is 9.59 Å². The first-order valence-electron chi connectivity index (χ1n) is 5.29. The molecule has 1 aliphatic heterocycles. The molecular formula is C12H12N2O2. The van der Waals surface area contributed by atoms with Gasteiger partial charge in [0.05, 0.1) is 11.3 Å². The van der Waals surface area contributed by atoms with Gasteiger partial charge in [0.1, 0.15) is 0 Å². The number of carbonyl (C=O) groups is 1. The predicted molar refractivity (Wildman–Crippen MR) is 59.4 cm³/mol. The quantitative estimate of drug-likeness (QED) is 0.560. The van der Waals surface area contributed by atoms with E-state index in [9.17, 15) is 9.59 Å². The van der Waals surface area contributed by atoms with Crippen LogP contribution in [0.15, 0.2) is 29.3 Å². The molecule has 0 unspecified atom stereocenters. The number of likely N-dealkylation sites (tertiary alicyclic amines) is 1. The van der Waals surface area contributed by atoms with Gasteiger partial charge in [-0.25, -0.2) is 4.79 Å². The molecule has 4 nitrogen and oxygen atoms in total. The minimum absolute atomic E-state index is 0.0490. The zero-order valence-corrected chi connectivity index (χ0v) is 8.85. The fourth-order valence-electron chi connectivity index (χ4n) is 1.89. The normalized spacial score (nSPS) is 14.6. The number of para-hydroxylation sites is 1. The second kappa shape index (κ2) is 4.73. The number of nitrogens with zero attached hydrogens (tertiary/aromatic N) is 2. The van der Waals surface area contributed by atoms with Crippen LogP contribution in [0.3, 0.4) is 0 Å². The Morgan fingerprint density at radius 1 is 1.25 bits per heavy atom. The van der Waals surface area contributed by atoms with Gasteiger partial charge in [0, 0.05) is 13.1 Å². The molecule has 82 valence electrons. The summed E-state index contributed by atoms with van der Waals surface area (Å²) in [5.74, 6) is -0.0490. The van der Waals surface area contributed by atoms with Crippen molar-refractivity contribution in [1.82, 2.24) is 4.90 Å². The van der Waals surface area contributed by atoms with E-state index < -0.39 is 0 Å². The molecule has 0 aliphatic carbocycles.